The second-order valence-corrected chi connectivity index (χ2v) is 6.68. The van der Waals surface area contributed by atoms with Crippen LogP contribution < -0.4 is 5.32 Å². The predicted molar refractivity (Wildman–Crippen MR) is 85.9 cm³/mol. The fraction of sp³-hybridized carbons (Fsp3) is 0.800. The molecule has 1 atom stereocenters. The first-order chi connectivity index (χ1) is 8.90. The Morgan fingerprint density at radius 2 is 1.89 bits per heavy atom. The summed E-state index contributed by atoms with van der Waals surface area (Å²) in [4.78, 5) is 0. The summed E-state index contributed by atoms with van der Waals surface area (Å²) in [7, 11) is 2.02. The van der Waals surface area contributed by atoms with Crippen molar-refractivity contribution in [3.63, 3.8) is 0 Å². The molecule has 1 heterocycles. The first-order valence-electron chi connectivity index (χ1n) is 7.19. The summed E-state index contributed by atoms with van der Waals surface area (Å²) in [5, 5.41) is 8.22. The average molecular weight is 283 g/mol. The molecule has 0 aliphatic heterocycles. The molecule has 0 radical (unpaired) electrons. The maximum absolute atomic E-state index is 4.51. The molecule has 1 aromatic heterocycles. The lowest BCUT2D eigenvalue weighted by Crippen LogP contribution is -2.38. The fourth-order valence-corrected chi connectivity index (χ4v) is 3.52. The predicted octanol–water partition coefficient (Wildman–Crippen LogP) is 3.61. The first-order valence-corrected chi connectivity index (χ1v) is 8.41. The van der Waals surface area contributed by atoms with Crippen LogP contribution in [-0.2, 0) is 7.05 Å². The lowest BCUT2D eigenvalue weighted by Gasteiger charge is -2.31. The Morgan fingerprint density at radius 1 is 1.32 bits per heavy atom. The molecule has 0 fully saturated rings. The Kier molecular flexibility index (Phi) is 5.93. The minimum atomic E-state index is 0.359. The molecule has 110 valence electrons. The molecule has 1 aromatic rings. The maximum atomic E-state index is 4.51. The van der Waals surface area contributed by atoms with Gasteiger partial charge < -0.3 is 5.32 Å². The summed E-state index contributed by atoms with van der Waals surface area (Å²) in [6.07, 6.45) is 4.63. The number of thioether (sulfide) groups is 1. The van der Waals surface area contributed by atoms with Crippen LogP contribution in [0.15, 0.2) is 0 Å². The van der Waals surface area contributed by atoms with Crippen molar-refractivity contribution in [1.29, 1.82) is 0 Å². The van der Waals surface area contributed by atoms with Gasteiger partial charge in [0.1, 0.15) is 0 Å². The molecule has 3 nitrogen and oxygen atoms in total. The van der Waals surface area contributed by atoms with E-state index in [-0.39, 0.29) is 0 Å². The molecule has 0 saturated carbocycles. The number of aryl methyl sites for hydroxylation is 2. The van der Waals surface area contributed by atoms with Crippen molar-refractivity contribution >= 4 is 11.8 Å². The van der Waals surface area contributed by atoms with Crippen molar-refractivity contribution < 1.29 is 0 Å². The third-order valence-corrected chi connectivity index (χ3v) is 6.04. The molecular weight excluding hydrogens is 254 g/mol. The fourth-order valence-electron chi connectivity index (χ4n) is 2.72. The largest absolute Gasteiger partial charge is 0.309 e. The van der Waals surface area contributed by atoms with E-state index >= 15 is 0 Å². The second-order valence-electron chi connectivity index (χ2n) is 5.40. The Morgan fingerprint density at radius 3 is 2.26 bits per heavy atom. The number of hydrogen-bond acceptors (Lipinski definition) is 3. The summed E-state index contributed by atoms with van der Waals surface area (Å²) in [6.45, 7) is 12.1. The zero-order valence-corrected chi connectivity index (χ0v) is 14.3. The molecule has 1 rings (SSSR count). The van der Waals surface area contributed by atoms with Crippen LogP contribution in [0.5, 0.6) is 0 Å². The molecule has 0 saturated heterocycles. The van der Waals surface area contributed by atoms with E-state index in [1.807, 2.05) is 23.5 Å². The molecule has 0 aliphatic rings. The zero-order chi connectivity index (χ0) is 14.6. The van der Waals surface area contributed by atoms with Gasteiger partial charge in [-0.3, -0.25) is 4.68 Å². The minimum Gasteiger partial charge on any atom is -0.309 e. The third-order valence-electron chi connectivity index (χ3n) is 4.45. The van der Waals surface area contributed by atoms with E-state index in [0.717, 1.165) is 12.2 Å². The number of rotatable bonds is 7. The van der Waals surface area contributed by atoms with Crippen LogP contribution in [0.4, 0.5) is 0 Å². The average Bonchev–Trinajstić information content (AvgIpc) is 2.65. The SMILES string of the molecule is CCC(CC)(CNC(C)c1c(C)nn(C)c1C)SC. The third kappa shape index (κ3) is 3.54. The van der Waals surface area contributed by atoms with Gasteiger partial charge >= 0.3 is 0 Å². The zero-order valence-electron chi connectivity index (χ0n) is 13.5. The summed E-state index contributed by atoms with van der Waals surface area (Å²) in [6, 6.07) is 0.360. The number of nitrogens with zero attached hydrogens (tertiary/aromatic N) is 2. The molecule has 19 heavy (non-hydrogen) atoms. The Hall–Kier alpha value is -0.480. The normalized spacial score (nSPS) is 13.8. The minimum absolute atomic E-state index is 0.359. The van der Waals surface area contributed by atoms with Gasteiger partial charge in [0, 0.05) is 35.6 Å². The van der Waals surface area contributed by atoms with E-state index in [1.165, 1.54) is 24.1 Å². The van der Waals surface area contributed by atoms with Gasteiger partial charge in [0.25, 0.3) is 0 Å². The van der Waals surface area contributed by atoms with E-state index in [0.29, 0.717) is 10.8 Å². The number of aromatic nitrogens is 2. The van der Waals surface area contributed by atoms with Crippen LogP contribution >= 0.6 is 11.8 Å². The Labute approximate surface area is 122 Å². The number of nitrogens with one attached hydrogen (secondary N) is 1. The van der Waals surface area contributed by atoms with E-state index in [9.17, 15) is 0 Å². The highest BCUT2D eigenvalue weighted by atomic mass is 32.2. The lowest BCUT2D eigenvalue weighted by molar-refractivity contribution is 0.458. The number of hydrogen-bond donors (Lipinski definition) is 1. The van der Waals surface area contributed by atoms with Crippen molar-refractivity contribution in [3.05, 3.63) is 17.0 Å². The molecule has 1 N–H and O–H groups in total. The quantitative estimate of drug-likeness (QED) is 0.829. The molecule has 0 aliphatic carbocycles. The van der Waals surface area contributed by atoms with Gasteiger partial charge in [0.2, 0.25) is 0 Å². The molecule has 0 spiro atoms. The highest BCUT2D eigenvalue weighted by Crippen LogP contribution is 2.31. The summed E-state index contributed by atoms with van der Waals surface area (Å²) in [5.41, 5.74) is 3.76. The van der Waals surface area contributed by atoms with Gasteiger partial charge in [0.05, 0.1) is 5.69 Å². The van der Waals surface area contributed by atoms with Gasteiger partial charge in [-0.05, 0) is 39.9 Å². The smallest absolute Gasteiger partial charge is 0.0644 e. The Bertz CT molecular complexity index is 400. The molecule has 0 aromatic carbocycles. The van der Waals surface area contributed by atoms with E-state index < -0.39 is 0 Å². The molecule has 0 bridgehead atoms. The van der Waals surface area contributed by atoms with Crippen LogP contribution in [0.3, 0.4) is 0 Å². The molecule has 1 unspecified atom stereocenters. The standard InChI is InChI=1S/C15H29N3S/c1-8-15(9-2,19-7)10-16-11(3)14-12(4)17-18(6)13(14)5/h11,16H,8-10H2,1-7H3. The van der Waals surface area contributed by atoms with Crippen molar-refractivity contribution in [2.45, 2.75) is 58.2 Å². The van der Waals surface area contributed by atoms with Crippen molar-refractivity contribution in [2.24, 2.45) is 7.05 Å². The van der Waals surface area contributed by atoms with E-state index in [2.05, 4.69) is 51.3 Å². The van der Waals surface area contributed by atoms with Crippen LogP contribution in [-0.4, -0.2) is 27.3 Å². The van der Waals surface area contributed by atoms with Crippen LogP contribution in [0, 0.1) is 13.8 Å². The van der Waals surface area contributed by atoms with Crippen molar-refractivity contribution in [2.75, 3.05) is 12.8 Å². The maximum Gasteiger partial charge on any atom is 0.0644 e. The molecule has 4 heteroatoms. The summed E-state index contributed by atoms with van der Waals surface area (Å²) >= 11 is 1.98. The van der Waals surface area contributed by atoms with Crippen LogP contribution in [0.25, 0.3) is 0 Å². The highest BCUT2D eigenvalue weighted by Gasteiger charge is 2.26. The van der Waals surface area contributed by atoms with E-state index in [1.54, 1.807) is 0 Å². The summed E-state index contributed by atoms with van der Waals surface area (Å²) in [5.74, 6) is 0. The molecule has 0 amide bonds. The summed E-state index contributed by atoms with van der Waals surface area (Å²) < 4.78 is 2.34. The Balaban J connectivity index is 2.77. The van der Waals surface area contributed by atoms with Crippen molar-refractivity contribution in [1.82, 2.24) is 15.1 Å². The highest BCUT2D eigenvalue weighted by molar-refractivity contribution is 8.00. The lowest BCUT2D eigenvalue weighted by atomic mass is 10.0. The van der Waals surface area contributed by atoms with Gasteiger partial charge in [-0.25, -0.2) is 0 Å². The van der Waals surface area contributed by atoms with E-state index in [4.69, 9.17) is 0 Å². The van der Waals surface area contributed by atoms with Crippen LogP contribution in [0.1, 0.15) is 56.6 Å². The van der Waals surface area contributed by atoms with Crippen molar-refractivity contribution in [3.8, 4) is 0 Å². The van der Waals surface area contributed by atoms with Gasteiger partial charge in [-0.2, -0.15) is 16.9 Å². The first kappa shape index (κ1) is 16.6. The van der Waals surface area contributed by atoms with Crippen LogP contribution in [0.2, 0.25) is 0 Å². The van der Waals surface area contributed by atoms with Gasteiger partial charge in [-0.1, -0.05) is 13.8 Å². The molecular formula is C15H29N3S. The monoisotopic (exact) mass is 283 g/mol. The van der Waals surface area contributed by atoms with Gasteiger partial charge in [0.15, 0.2) is 0 Å². The second kappa shape index (κ2) is 6.80. The topological polar surface area (TPSA) is 29.9 Å². The van der Waals surface area contributed by atoms with Gasteiger partial charge in [-0.15, -0.1) is 0 Å².